The van der Waals surface area contributed by atoms with Crippen LogP contribution in [0.25, 0.3) is 0 Å². The van der Waals surface area contributed by atoms with Crippen molar-refractivity contribution in [3.8, 4) is 11.5 Å². The van der Waals surface area contributed by atoms with Gasteiger partial charge in [0.05, 0.1) is 11.8 Å². The van der Waals surface area contributed by atoms with Gasteiger partial charge in [0, 0.05) is 38.3 Å². The Bertz CT molecular complexity index is 1240. The third kappa shape index (κ3) is 9.26. The molecular weight excluding hydrogens is 551 g/mol. The Kier molecular flexibility index (Phi) is 10.8. The van der Waals surface area contributed by atoms with Crippen molar-refractivity contribution in [2.45, 2.75) is 96.9 Å². The van der Waals surface area contributed by atoms with Gasteiger partial charge in [-0.2, -0.15) is 0 Å². The maximum Gasteiger partial charge on any atom is 0.407 e. The number of amides is 2. The third-order valence-electron chi connectivity index (χ3n) is 8.20. The Hall–Kier alpha value is -3.47. The molecule has 2 N–H and O–H groups in total. The van der Waals surface area contributed by atoms with Gasteiger partial charge in [0.25, 0.3) is 5.91 Å². The quantitative estimate of drug-likeness (QED) is 0.388. The van der Waals surface area contributed by atoms with Gasteiger partial charge in [0.1, 0.15) is 23.5 Å². The highest BCUT2D eigenvalue weighted by Crippen LogP contribution is 2.34. The second-order valence-electron chi connectivity index (χ2n) is 13.0. The number of alkyl carbamates (subject to hydrolysis) is 1. The fourth-order valence-electron chi connectivity index (χ4n) is 5.54. The number of carbonyl (C=O) groups excluding carboxylic acids is 2. The molecule has 236 valence electrons. The van der Waals surface area contributed by atoms with Crippen LogP contribution in [0.1, 0.15) is 83.5 Å². The topological polar surface area (TPSA) is 109 Å². The van der Waals surface area contributed by atoms with E-state index in [1.54, 1.807) is 18.1 Å². The average molecular weight is 599 g/mol. The van der Waals surface area contributed by atoms with E-state index in [-0.39, 0.29) is 35.4 Å². The lowest BCUT2D eigenvalue weighted by atomic mass is 9.85. The Labute approximate surface area is 254 Å². The number of hydrogen-bond acceptors (Lipinski definition) is 8. The molecule has 1 aliphatic heterocycles. The highest BCUT2D eigenvalue weighted by Gasteiger charge is 2.28. The lowest BCUT2D eigenvalue weighted by Crippen LogP contribution is -2.45. The zero-order valence-corrected chi connectivity index (χ0v) is 26.4. The molecule has 4 rings (SSSR count). The van der Waals surface area contributed by atoms with Gasteiger partial charge in [0.15, 0.2) is 11.6 Å². The average Bonchev–Trinajstić information content (AvgIpc) is 2.96. The van der Waals surface area contributed by atoms with Gasteiger partial charge in [-0.05, 0) is 104 Å². The van der Waals surface area contributed by atoms with E-state index in [1.807, 2.05) is 34.6 Å². The van der Waals surface area contributed by atoms with Crippen molar-refractivity contribution in [2.75, 3.05) is 31.6 Å². The zero-order valence-electron chi connectivity index (χ0n) is 26.4. The minimum Gasteiger partial charge on any atom is -0.451 e. The molecule has 11 heteroatoms. The summed E-state index contributed by atoms with van der Waals surface area (Å²) in [4.78, 5) is 37.5. The summed E-state index contributed by atoms with van der Waals surface area (Å²) in [7, 11) is 1.69. The van der Waals surface area contributed by atoms with Crippen molar-refractivity contribution in [3.63, 3.8) is 0 Å². The summed E-state index contributed by atoms with van der Waals surface area (Å²) in [6, 6.07) is 4.51. The van der Waals surface area contributed by atoms with Gasteiger partial charge in [-0.3, -0.25) is 4.79 Å². The van der Waals surface area contributed by atoms with Crippen LogP contribution in [0, 0.1) is 11.7 Å². The predicted octanol–water partition coefficient (Wildman–Crippen LogP) is 5.53. The number of halogens is 1. The van der Waals surface area contributed by atoms with Crippen molar-refractivity contribution in [1.82, 2.24) is 25.5 Å². The Morgan fingerprint density at radius 1 is 1.07 bits per heavy atom. The normalized spacial score (nSPS) is 19.7. The van der Waals surface area contributed by atoms with Crippen molar-refractivity contribution in [3.05, 3.63) is 42.1 Å². The van der Waals surface area contributed by atoms with E-state index >= 15 is 0 Å². The summed E-state index contributed by atoms with van der Waals surface area (Å²) in [5.41, 5.74) is -0.330. The minimum absolute atomic E-state index is 0.0506. The Morgan fingerprint density at radius 2 is 1.77 bits per heavy atom. The van der Waals surface area contributed by atoms with Crippen LogP contribution in [0.2, 0.25) is 0 Å². The molecule has 1 saturated carbocycles. The molecule has 1 aromatic carbocycles. The molecule has 0 bridgehead atoms. The fraction of sp³-hybridized carbons (Fsp3) is 0.625. The van der Waals surface area contributed by atoms with E-state index in [1.165, 1.54) is 24.5 Å². The number of nitrogens with one attached hydrogen (secondary N) is 2. The monoisotopic (exact) mass is 598 g/mol. The van der Waals surface area contributed by atoms with Crippen LogP contribution in [-0.4, -0.2) is 77.3 Å². The summed E-state index contributed by atoms with van der Waals surface area (Å²) in [6.45, 7) is 12.0. The van der Waals surface area contributed by atoms with Gasteiger partial charge in [-0.15, -0.1) is 0 Å². The van der Waals surface area contributed by atoms with Crippen LogP contribution in [0.4, 0.5) is 15.0 Å². The second-order valence-corrected chi connectivity index (χ2v) is 13.0. The van der Waals surface area contributed by atoms with Crippen LogP contribution >= 0.6 is 0 Å². The molecule has 0 radical (unpaired) electrons. The molecule has 2 heterocycles. The highest BCUT2D eigenvalue weighted by molar-refractivity contribution is 5.97. The number of anilines is 1. The van der Waals surface area contributed by atoms with Gasteiger partial charge in [0.2, 0.25) is 0 Å². The third-order valence-corrected chi connectivity index (χ3v) is 8.20. The smallest absolute Gasteiger partial charge is 0.407 e. The van der Waals surface area contributed by atoms with Crippen molar-refractivity contribution >= 4 is 17.8 Å². The number of ether oxygens (including phenoxy) is 2. The van der Waals surface area contributed by atoms with E-state index in [0.717, 1.165) is 58.2 Å². The van der Waals surface area contributed by atoms with Gasteiger partial charge in [-0.1, -0.05) is 0 Å². The van der Waals surface area contributed by atoms with Crippen LogP contribution in [0.15, 0.2) is 30.7 Å². The molecule has 0 unspecified atom stereocenters. The standard InChI is InChI=1S/C32H47FN6O4/c1-21(2)38(6)30(40)26-17-23(33)9-12-27(26)42-28-19-34-20-36-29(28)39-15-13-24(14-16-39)35-18-22-7-10-25(11-8-22)37-31(41)43-32(3,4)5/h9,12,17,19-22,24-25,35H,7-8,10-11,13-16,18H2,1-6H3,(H,37,41). The predicted molar refractivity (Wildman–Crippen MR) is 164 cm³/mol. The number of piperidine rings is 1. The molecule has 1 aromatic heterocycles. The number of benzene rings is 1. The molecule has 2 amide bonds. The number of nitrogens with zero attached hydrogens (tertiary/aromatic N) is 4. The van der Waals surface area contributed by atoms with Gasteiger partial charge < -0.3 is 29.9 Å². The second kappa shape index (κ2) is 14.3. The first-order chi connectivity index (χ1) is 20.4. The summed E-state index contributed by atoms with van der Waals surface area (Å²) < 4.78 is 25.7. The molecule has 0 atom stereocenters. The van der Waals surface area contributed by atoms with E-state index < -0.39 is 11.4 Å². The SMILES string of the molecule is CC(C)N(C)C(=O)c1cc(F)ccc1Oc1cncnc1N1CCC(NCC2CCC(NC(=O)OC(C)(C)C)CC2)CC1. The first-order valence-corrected chi connectivity index (χ1v) is 15.4. The van der Waals surface area contributed by atoms with Gasteiger partial charge in [-0.25, -0.2) is 19.2 Å². The van der Waals surface area contributed by atoms with Crippen LogP contribution in [-0.2, 0) is 4.74 Å². The van der Waals surface area contributed by atoms with E-state index in [9.17, 15) is 14.0 Å². The molecule has 1 aliphatic carbocycles. The number of hydrogen-bond donors (Lipinski definition) is 2. The van der Waals surface area contributed by atoms with Gasteiger partial charge >= 0.3 is 6.09 Å². The first-order valence-electron chi connectivity index (χ1n) is 15.4. The number of carbonyl (C=O) groups is 2. The highest BCUT2D eigenvalue weighted by atomic mass is 19.1. The summed E-state index contributed by atoms with van der Waals surface area (Å²) >= 11 is 0. The lowest BCUT2D eigenvalue weighted by molar-refractivity contribution is 0.0486. The fourth-order valence-corrected chi connectivity index (χ4v) is 5.54. The lowest BCUT2D eigenvalue weighted by Gasteiger charge is -2.35. The molecule has 2 fully saturated rings. The number of rotatable bonds is 9. The van der Waals surface area contributed by atoms with E-state index in [4.69, 9.17) is 9.47 Å². The number of aromatic nitrogens is 2. The van der Waals surface area contributed by atoms with E-state index in [2.05, 4.69) is 25.5 Å². The van der Waals surface area contributed by atoms with Crippen LogP contribution < -0.4 is 20.3 Å². The van der Waals surface area contributed by atoms with Crippen LogP contribution in [0.5, 0.6) is 11.5 Å². The molecular formula is C32H47FN6O4. The maximum atomic E-state index is 14.1. The molecule has 2 aromatic rings. The molecule has 43 heavy (non-hydrogen) atoms. The van der Waals surface area contributed by atoms with Crippen molar-refractivity contribution in [2.24, 2.45) is 5.92 Å². The maximum absolute atomic E-state index is 14.1. The molecule has 10 nitrogen and oxygen atoms in total. The van der Waals surface area contributed by atoms with Crippen LogP contribution in [0.3, 0.4) is 0 Å². The Balaban J connectivity index is 1.28. The van der Waals surface area contributed by atoms with E-state index in [0.29, 0.717) is 23.5 Å². The minimum atomic E-state index is -0.502. The zero-order chi connectivity index (χ0) is 31.1. The largest absolute Gasteiger partial charge is 0.451 e. The van der Waals surface area contributed by atoms with Crippen molar-refractivity contribution < 1.29 is 23.5 Å². The summed E-state index contributed by atoms with van der Waals surface area (Å²) in [6.07, 6.45) is 8.75. The molecule has 0 spiro atoms. The Morgan fingerprint density at radius 3 is 2.42 bits per heavy atom. The van der Waals surface area contributed by atoms with Crippen molar-refractivity contribution in [1.29, 1.82) is 0 Å². The summed E-state index contributed by atoms with van der Waals surface area (Å²) in [5.74, 6) is 1.13. The molecule has 1 saturated heterocycles. The first kappa shape index (κ1) is 32.4. The molecule has 2 aliphatic rings. The summed E-state index contributed by atoms with van der Waals surface area (Å²) in [5, 5.41) is 6.79.